The number of benzene rings is 1. The van der Waals surface area contributed by atoms with E-state index in [1.807, 2.05) is 27.9 Å². The SMILES string of the molecule is O=S1(=O)N=C(N2CCOC(Cn3cccn3)C2)c2ccccc21. The van der Waals surface area contributed by atoms with Crippen molar-refractivity contribution < 1.29 is 13.2 Å². The third-order valence-corrected chi connectivity index (χ3v) is 5.33. The number of morpholine rings is 1. The first-order chi connectivity index (χ1) is 11.1. The fraction of sp³-hybridized carbons (Fsp3) is 0.333. The van der Waals surface area contributed by atoms with Gasteiger partial charge in [-0.15, -0.1) is 4.40 Å². The van der Waals surface area contributed by atoms with E-state index >= 15 is 0 Å². The zero-order valence-electron chi connectivity index (χ0n) is 12.4. The van der Waals surface area contributed by atoms with E-state index in [2.05, 4.69) is 9.50 Å². The summed E-state index contributed by atoms with van der Waals surface area (Å²) in [7, 11) is -3.58. The van der Waals surface area contributed by atoms with E-state index in [0.717, 1.165) is 0 Å². The van der Waals surface area contributed by atoms with Crippen molar-refractivity contribution >= 4 is 15.9 Å². The summed E-state index contributed by atoms with van der Waals surface area (Å²) < 4.78 is 35.9. The second kappa shape index (κ2) is 5.47. The molecule has 0 radical (unpaired) electrons. The van der Waals surface area contributed by atoms with Gasteiger partial charge in [0.1, 0.15) is 4.90 Å². The number of fused-ring (bicyclic) bond motifs is 1. The number of ether oxygens (including phenoxy) is 1. The predicted octanol–water partition coefficient (Wildman–Crippen LogP) is 0.733. The molecular formula is C15H16N4O3S. The Morgan fingerprint density at radius 1 is 1.26 bits per heavy atom. The van der Waals surface area contributed by atoms with Crippen LogP contribution in [0.4, 0.5) is 0 Å². The highest BCUT2D eigenvalue weighted by Gasteiger charge is 2.33. The molecule has 0 amide bonds. The number of hydrogen-bond donors (Lipinski definition) is 0. The minimum atomic E-state index is -3.58. The summed E-state index contributed by atoms with van der Waals surface area (Å²) in [6, 6.07) is 8.82. The van der Waals surface area contributed by atoms with Gasteiger partial charge in [-0.05, 0) is 18.2 Å². The highest BCUT2D eigenvalue weighted by atomic mass is 32.2. The molecule has 8 heteroatoms. The van der Waals surface area contributed by atoms with Crippen LogP contribution in [0.3, 0.4) is 0 Å². The Labute approximate surface area is 134 Å². The maximum Gasteiger partial charge on any atom is 0.285 e. The quantitative estimate of drug-likeness (QED) is 0.810. The van der Waals surface area contributed by atoms with E-state index in [9.17, 15) is 8.42 Å². The van der Waals surface area contributed by atoms with Crippen LogP contribution in [0.15, 0.2) is 52.0 Å². The van der Waals surface area contributed by atoms with Gasteiger partial charge in [0, 0.05) is 31.0 Å². The number of hydrogen-bond acceptors (Lipinski definition) is 5. The first-order valence-electron chi connectivity index (χ1n) is 7.42. The van der Waals surface area contributed by atoms with E-state index in [4.69, 9.17) is 4.74 Å². The average Bonchev–Trinajstić information content (AvgIpc) is 3.15. The molecule has 1 aromatic heterocycles. The minimum absolute atomic E-state index is 0.0539. The second-order valence-corrected chi connectivity index (χ2v) is 7.13. The fourth-order valence-electron chi connectivity index (χ4n) is 2.96. The van der Waals surface area contributed by atoms with Gasteiger partial charge >= 0.3 is 0 Å². The van der Waals surface area contributed by atoms with Crippen molar-refractivity contribution in [2.75, 3.05) is 19.7 Å². The molecule has 23 heavy (non-hydrogen) atoms. The largest absolute Gasteiger partial charge is 0.373 e. The Hall–Kier alpha value is -2.19. The zero-order valence-corrected chi connectivity index (χ0v) is 13.2. The minimum Gasteiger partial charge on any atom is -0.373 e. The summed E-state index contributed by atoms with van der Waals surface area (Å²) >= 11 is 0. The van der Waals surface area contributed by atoms with Crippen molar-refractivity contribution in [1.82, 2.24) is 14.7 Å². The van der Waals surface area contributed by atoms with Crippen molar-refractivity contribution in [2.45, 2.75) is 17.5 Å². The van der Waals surface area contributed by atoms with Crippen molar-refractivity contribution in [2.24, 2.45) is 4.40 Å². The Morgan fingerprint density at radius 3 is 2.96 bits per heavy atom. The van der Waals surface area contributed by atoms with Gasteiger partial charge in [0.25, 0.3) is 10.0 Å². The van der Waals surface area contributed by atoms with E-state index in [0.29, 0.717) is 37.6 Å². The molecule has 2 aliphatic rings. The molecule has 2 aliphatic heterocycles. The molecule has 1 atom stereocenters. The van der Waals surface area contributed by atoms with Crippen LogP contribution >= 0.6 is 0 Å². The van der Waals surface area contributed by atoms with Crippen molar-refractivity contribution in [1.29, 1.82) is 0 Å². The number of nitrogens with zero attached hydrogens (tertiary/aromatic N) is 4. The highest BCUT2D eigenvalue weighted by molar-refractivity contribution is 7.90. The van der Waals surface area contributed by atoms with Gasteiger partial charge in [-0.1, -0.05) is 12.1 Å². The topological polar surface area (TPSA) is 76.8 Å². The Kier molecular flexibility index (Phi) is 3.42. The van der Waals surface area contributed by atoms with Gasteiger partial charge < -0.3 is 9.64 Å². The molecule has 0 spiro atoms. The average molecular weight is 332 g/mol. The van der Waals surface area contributed by atoms with Crippen LogP contribution in [0.2, 0.25) is 0 Å². The molecule has 0 N–H and O–H groups in total. The van der Waals surface area contributed by atoms with Crippen LogP contribution in [0.5, 0.6) is 0 Å². The van der Waals surface area contributed by atoms with Crippen LogP contribution in [-0.2, 0) is 21.3 Å². The fourth-order valence-corrected chi connectivity index (χ4v) is 4.18. The van der Waals surface area contributed by atoms with E-state index in [1.165, 1.54) is 0 Å². The number of aromatic nitrogens is 2. The molecule has 4 rings (SSSR count). The Bertz CT molecular complexity index is 845. The standard InChI is InChI=1S/C15H16N4O3S/c20-23(21)14-5-2-1-4-13(14)15(17-23)18-8-9-22-12(10-18)11-19-7-3-6-16-19/h1-7,12H,8-11H2. The Balaban J connectivity index is 1.59. The number of sulfonamides is 1. The lowest BCUT2D eigenvalue weighted by Gasteiger charge is -2.34. The van der Waals surface area contributed by atoms with Crippen LogP contribution in [0, 0.1) is 0 Å². The lowest BCUT2D eigenvalue weighted by atomic mass is 10.1. The predicted molar refractivity (Wildman–Crippen MR) is 83.7 cm³/mol. The van der Waals surface area contributed by atoms with Crippen molar-refractivity contribution in [3.63, 3.8) is 0 Å². The maximum atomic E-state index is 12.2. The molecule has 3 heterocycles. The maximum absolute atomic E-state index is 12.2. The van der Waals surface area contributed by atoms with Crippen molar-refractivity contribution in [3.8, 4) is 0 Å². The van der Waals surface area contributed by atoms with E-state index in [1.54, 1.807) is 24.4 Å². The van der Waals surface area contributed by atoms with Crippen LogP contribution in [-0.4, -0.2) is 54.7 Å². The zero-order chi connectivity index (χ0) is 15.9. The molecule has 1 aromatic carbocycles. The molecule has 1 unspecified atom stereocenters. The molecular weight excluding hydrogens is 316 g/mol. The molecule has 1 fully saturated rings. The normalized spacial score (nSPS) is 22.7. The summed E-state index contributed by atoms with van der Waals surface area (Å²) in [6.45, 7) is 2.37. The monoisotopic (exact) mass is 332 g/mol. The molecule has 120 valence electrons. The van der Waals surface area contributed by atoms with Crippen LogP contribution in [0.1, 0.15) is 5.56 Å². The number of rotatable bonds is 2. The molecule has 1 saturated heterocycles. The first-order valence-corrected chi connectivity index (χ1v) is 8.86. The smallest absolute Gasteiger partial charge is 0.285 e. The molecule has 0 saturated carbocycles. The van der Waals surface area contributed by atoms with Gasteiger partial charge in [0.15, 0.2) is 5.84 Å². The van der Waals surface area contributed by atoms with Gasteiger partial charge in [-0.3, -0.25) is 4.68 Å². The Morgan fingerprint density at radius 2 is 2.13 bits per heavy atom. The van der Waals surface area contributed by atoms with E-state index in [-0.39, 0.29) is 11.0 Å². The summed E-state index contributed by atoms with van der Waals surface area (Å²) in [5, 5.41) is 4.18. The first kappa shape index (κ1) is 14.4. The van der Waals surface area contributed by atoms with Gasteiger partial charge in [-0.25, -0.2) is 0 Å². The second-order valence-electron chi connectivity index (χ2n) is 5.55. The highest BCUT2D eigenvalue weighted by Crippen LogP contribution is 2.28. The lowest BCUT2D eigenvalue weighted by Crippen LogP contribution is -2.47. The van der Waals surface area contributed by atoms with Gasteiger partial charge in [-0.2, -0.15) is 13.5 Å². The summed E-state index contributed by atoms with van der Waals surface area (Å²) in [5.74, 6) is 0.523. The molecule has 7 nitrogen and oxygen atoms in total. The molecule has 2 aromatic rings. The third-order valence-electron chi connectivity index (χ3n) is 4.00. The molecule has 0 aliphatic carbocycles. The summed E-state index contributed by atoms with van der Waals surface area (Å²) in [5.41, 5.74) is 0.673. The summed E-state index contributed by atoms with van der Waals surface area (Å²) in [4.78, 5) is 2.27. The van der Waals surface area contributed by atoms with Crippen molar-refractivity contribution in [3.05, 3.63) is 48.3 Å². The van der Waals surface area contributed by atoms with Crippen LogP contribution < -0.4 is 0 Å². The third kappa shape index (κ3) is 2.64. The lowest BCUT2D eigenvalue weighted by molar-refractivity contribution is -0.0158. The number of amidine groups is 1. The summed E-state index contributed by atoms with van der Waals surface area (Å²) in [6.07, 6.45) is 3.56. The van der Waals surface area contributed by atoms with Crippen LogP contribution in [0.25, 0.3) is 0 Å². The van der Waals surface area contributed by atoms with E-state index < -0.39 is 10.0 Å². The van der Waals surface area contributed by atoms with Gasteiger partial charge in [0.2, 0.25) is 0 Å². The van der Waals surface area contributed by atoms with Gasteiger partial charge in [0.05, 0.1) is 19.3 Å². The molecule has 0 bridgehead atoms.